The predicted octanol–water partition coefficient (Wildman–Crippen LogP) is 0.896. The van der Waals surface area contributed by atoms with Crippen molar-refractivity contribution in [3.8, 4) is 5.88 Å². The molecule has 0 saturated carbocycles. The van der Waals surface area contributed by atoms with Gasteiger partial charge in [0.2, 0.25) is 17.6 Å². The lowest BCUT2D eigenvalue weighted by Gasteiger charge is -2.21. The SMILES string of the molecule is COc1cc2c(cn1)N(C)C(=O)[C@@H](NC(=O)c1nc3n(n1)[C@@H](C)CC3)CC2. The van der Waals surface area contributed by atoms with Crippen LogP contribution in [-0.4, -0.2) is 51.8 Å². The minimum absolute atomic E-state index is 0.122. The molecule has 0 saturated heterocycles. The first kappa shape index (κ1) is 17.4. The molecule has 0 spiro atoms. The molecule has 2 aliphatic heterocycles. The Kier molecular flexibility index (Phi) is 4.29. The Morgan fingerprint density at radius 3 is 2.89 bits per heavy atom. The first-order chi connectivity index (χ1) is 13.0. The van der Waals surface area contributed by atoms with Gasteiger partial charge in [0.1, 0.15) is 11.9 Å². The summed E-state index contributed by atoms with van der Waals surface area (Å²) in [6.07, 6.45) is 4.53. The van der Waals surface area contributed by atoms with Gasteiger partial charge in [0.25, 0.3) is 5.91 Å². The molecule has 0 bridgehead atoms. The Bertz CT molecular complexity index is 908. The molecule has 9 nitrogen and oxygen atoms in total. The number of amides is 2. The topological polar surface area (TPSA) is 102 Å². The molecule has 142 valence electrons. The fraction of sp³-hybridized carbons (Fsp3) is 0.500. The highest BCUT2D eigenvalue weighted by atomic mass is 16.5. The van der Waals surface area contributed by atoms with Crippen LogP contribution in [0.15, 0.2) is 12.3 Å². The number of anilines is 1. The molecular weight excluding hydrogens is 348 g/mol. The third kappa shape index (κ3) is 3.02. The van der Waals surface area contributed by atoms with Crippen LogP contribution < -0.4 is 15.0 Å². The Morgan fingerprint density at radius 1 is 1.33 bits per heavy atom. The van der Waals surface area contributed by atoms with E-state index in [1.165, 1.54) is 4.90 Å². The number of aryl methyl sites for hydroxylation is 2. The van der Waals surface area contributed by atoms with Crippen molar-refractivity contribution in [3.63, 3.8) is 0 Å². The zero-order valence-electron chi connectivity index (χ0n) is 15.6. The minimum Gasteiger partial charge on any atom is -0.481 e. The van der Waals surface area contributed by atoms with Crippen molar-refractivity contribution in [3.05, 3.63) is 29.5 Å². The van der Waals surface area contributed by atoms with Crippen molar-refractivity contribution in [1.82, 2.24) is 25.1 Å². The van der Waals surface area contributed by atoms with Gasteiger partial charge in [-0.05, 0) is 31.7 Å². The number of carbonyl (C=O) groups is 2. The fourth-order valence-corrected chi connectivity index (χ4v) is 3.65. The van der Waals surface area contributed by atoms with Crippen LogP contribution in [0.3, 0.4) is 0 Å². The number of nitrogens with zero attached hydrogens (tertiary/aromatic N) is 5. The van der Waals surface area contributed by atoms with Crippen molar-refractivity contribution in [2.24, 2.45) is 0 Å². The van der Waals surface area contributed by atoms with E-state index in [0.29, 0.717) is 18.7 Å². The normalized spacial score (nSPS) is 21.4. The first-order valence-corrected chi connectivity index (χ1v) is 9.04. The molecule has 2 aliphatic rings. The number of hydrogen-bond donors (Lipinski definition) is 1. The summed E-state index contributed by atoms with van der Waals surface area (Å²) in [5.41, 5.74) is 1.69. The molecule has 2 amide bonds. The van der Waals surface area contributed by atoms with Crippen LogP contribution >= 0.6 is 0 Å². The highest BCUT2D eigenvalue weighted by Gasteiger charge is 2.32. The fourth-order valence-electron chi connectivity index (χ4n) is 3.65. The number of methoxy groups -OCH3 is 1. The van der Waals surface area contributed by atoms with Gasteiger partial charge in [0, 0.05) is 19.5 Å². The standard InChI is InChI=1S/C18H22N6O3/c1-10-4-7-14-21-16(22-24(10)14)17(25)20-12-6-5-11-8-15(27-3)19-9-13(11)23(2)18(12)26/h8-10,12H,4-7H2,1-3H3,(H,20,25)/t10-,12-/m0/s1. The summed E-state index contributed by atoms with van der Waals surface area (Å²) < 4.78 is 6.96. The summed E-state index contributed by atoms with van der Waals surface area (Å²) in [6.45, 7) is 2.05. The van der Waals surface area contributed by atoms with Gasteiger partial charge >= 0.3 is 0 Å². The highest BCUT2D eigenvalue weighted by molar-refractivity contribution is 6.01. The van der Waals surface area contributed by atoms with Crippen LogP contribution in [0.4, 0.5) is 5.69 Å². The number of rotatable bonds is 3. The summed E-state index contributed by atoms with van der Waals surface area (Å²) >= 11 is 0. The van der Waals surface area contributed by atoms with Crippen molar-refractivity contribution in [1.29, 1.82) is 0 Å². The molecule has 4 rings (SSSR count). The Hall–Kier alpha value is -2.97. The Balaban J connectivity index is 1.52. The second-order valence-corrected chi connectivity index (χ2v) is 7.00. The average Bonchev–Trinajstić information content (AvgIpc) is 3.22. The largest absolute Gasteiger partial charge is 0.481 e. The molecule has 2 aromatic rings. The van der Waals surface area contributed by atoms with Crippen molar-refractivity contribution >= 4 is 17.5 Å². The van der Waals surface area contributed by atoms with Crippen LogP contribution in [0.1, 0.15) is 47.8 Å². The van der Waals surface area contributed by atoms with Gasteiger partial charge < -0.3 is 15.0 Å². The molecule has 0 aromatic carbocycles. The maximum absolute atomic E-state index is 12.8. The first-order valence-electron chi connectivity index (χ1n) is 9.04. The minimum atomic E-state index is -0.642. The lowest BCUT2D eigenvalue weighted by atomic mass is 10.1. The maximum Gasteiger partial charge on any atom is 0.291 e. The van der Waals surface area contributed by atoms with Crippen molar-refractivity contribution in [2.45, 2.75) is 44.7 Å². The van der Waals surface area contributed by atoms with E-state index in [4.69, 9.17) is 4.74 Å². The Labute approximate surface area is 156 Å². The molecule has 0 radical (unpaired) electrons. The molecule has 0 unspecified atom stereocenters. The lowest BCUT2D eigenvalue weighted by Crippen LogP contribution is -2.47. The van der Waals surface area contributed by atoms with E-state index in [0.717, 1.165) is 29.9 Å². The van der Waals surface area contributed by atoms with E-state index in [1.807, 2.05) is 6.07 Å². The summed E-state index contributed by atoms with van der Waals surface area (Å²) in [6, 6.07) is 1.43. The van der Waals surface area contributed by atoms with Crippen LogP contribution in [0.2, 0.25) is 0 Å². The molecule has 2 aromatic heterocycles. The number of hydrogen-bond acceptors (Lipinski definition) is 6. The second-order valence-electron chi connectivity index (χ2n) is 7.00. The molecule has 9 heteroatoms. The van der Waals surface area contributed by atoms with E-state index in [1.54, 1.807) is 25.0 Å². The van der Waals surface area contributed by atoms with Gasteiger partial charge in [-0.2, -0.15) is 0 Å². The molecule has 1 N–H and O–H groups in total. The van der Waals surface area contributed by atoms with Crippen LogP contribution in [0, 0.1) is 0 Å². The number of carbonyl (C=O) groups excluding carboxylic acids is 2. The van der Waals surface area contributed by atoms with Gasteiger partial charge in [-0.3, -0.25) is 9.59 Å². The molecule has 0 fully saturated rings. The van der Waals surface area contributed by atoms with Crippen molar-refractivity contribution in [2.75, 3.05) is 19.1 Å². The molecule has 2 atom stereocenters. The molecular formula is C18H22N6O3. The van der Waals surface area contributed by atoms with Gasteiger partial charge in [-0.15, -0.1) is 5.10 Å². The number of pyridine rings is 1. The number of nitrogens with one attached hydrogen (secondary N) is 1. The van der Waals surface area contributed by atoms with E-state index < -0.39 is 11.9 Å². The van der Waals surface area contributed by atoms with Gasteiger partial charge in [-0.1, -0.05) is 0 Å². The monoisotopic (exact) mass is 370 g/mol. The zero-order chi connectivity index (χ0) is 19.1. The number of fused-ring (bicyclic) bond motifs is 2. The Morgan fingerprint density at radius 2 is 2.15 bits per heavy atom. The van der Waals surface area contributed by atoms with Crippen LogP contribution in [-0.2, 0) is 17.6 Å². The van der Waals surface area contributed by atoms with E-state index in [2.05, 4.69) is 27.3 Å². The second kappa shape index (κ2) is 6.64. The van der Waals surface area contributed by atoms with Gasteiger partial charge in [0.15, 0.2) is 0 Å². The number of aromatic nitrogens is 4. The third-order valence-electron chi connectivity index (χ3n) is 5.26. The summed E-state index contributed by atoms with van der Waals surface area (Å²) in [7, 11) is 3.24. The van der Waals surface area contributed by atoms with E-state index >= 15 is 0 Å². The maximum atomic E-state index is 12.8. The van der Waals surface area contributed by atoms with Crippen LogP contribution in [0.25, 0.3) is 0 Å². The van der Waals surface area contributed by atoms with Crippen LogP contribution in [0.5, 0.6) is 5.88 Å². The summed E-state index contributed by atoms with van der Waals surface area (Å²) in [4.78, 5) is 35.5. The van der Waals surface area contributed by atoms with Gasteiger partial charge in [-0.25, -0.2) is 14.6 Å². The number of likely N-dealkylation sites (N-methyl/N-ethyl adjacent to an activating group) is 1. The lowest BCUT2D eigenvalue weighted by molar-refractivity contribution is -0.120. The van der Waals surface area contributed by atoms with E-state index in [-0.39, 0.29) is 17.8 Å². The zero-order valence-corrected chi connectivity index (χ0v) is 15.6. The summed E-state index contributed by atoms with van der Waals surface area (Å²) in [5, 5.41) is 7.11. The molecule has 4 heterocycles. The van der Waals surface area contributed by atoms with Crippen molar-refractivity contribution < 1.29 is 14.3 Å². The molecule has 0 aliphatic carbocycles. The van der Waals surface area contributed by atoms with Gasteiger partial charge in [0.05, 0.1) is 25.0 Å². The van der Waals surface area contributed by atoms with E-state index in [9.17, 15) is 9.59 Å². The smallest absolute Gasteiger partial charge is 0.291 e. The quantitative estimate of drug-likeness (QED) is 0.861. The molecule has 27 heavy (non-hydrogen) atoms. The summed E-state index contributed by atoms with van der Waals surface area (Å²) in [5.74, 6) is 0.842. The highest BCUT2D eigenvalue weighted by Crippen LogP contribution is 2.28. The number of ether oxygens (including phenoxy) is 1. The predicted molar refractivity (Wildman–Crippen MR) is 96.8 cm³/mol. The average molecular weight is 370 g/mol. The third-order valence-corrected chi connectivity index (χ3v) is 5.26.